The molecule has 0 saturated carbocycles. The summed E-state index contributed by atoms with van der Waals surface area (Å²) < 4.78 is 11.9. The van der Waals surface area contributed by atoms with E-state index in [4.69, 9.17) is 9.47 Å². The average molecular weight is 523 g/mol. The number of amides is 1. The number of ketones is 1. The van der Waals surface area contributed by atoms with Crippen molar-refractivity contribution in [2.24, 2.45) is 0 Å². The Kier molecular flexibility index (Phi) is 6.98. The zero-order chi connectivity index (χ0) is 24.2. The molecule has 174 valence electrons. The maximum absolute atomic E-state index is 13.2. The van der Waals surface area contributed by atoms with E-state index < -0.39 is 17.7 Å². The summed E-state index contributed by atoms with van der Waals surface area (Å²) in [5.41, 5.74) is 1.82. The number of hydrogen-bond acceptors (Lipinski definition) is 6. The topological polar surface area (TPSA) is 89.0 Å². The second kappa shape index (κ2) is 10.1. The number of methoxy groups -OCH3 is 1. The highest BCUT2D eigenvalue weighted by atomic mass is 79.9. The predicted molar refractivity (Wildman–Crippen MR) is 130 cm³/mol. The number of rotatable bonds is 7. The fraction of sp³-hybridized carbons (Fsp3) is 0.192. The number of benzene rings is 2. The van der Waals surface area contributed by atoms with Gasteiger partial charge in [-0.25, -0.2) is 0 Å². The zero-order valence-corrected chi connectivity index (χ0v) is 20.3. The number of likely N-dealkylation sites (tertiary alicyclic amines) is 1. The minimum atomic E-state index is -0.826. The van der Waals surface area contributed by atoms with Crippen LogP contribution in [0, 0.1) is 0 Å². The van der Waals surface area contributed by atoms with Gasteiger partial charge in [-0.05, 0) is 48.4 Å². The van der Waals surface area contributed by atoms with Crippen molar-refractivity contribution >= 4 is 33.4 Å². The van der Waals surface area contributed by atoms with Gasteiger partial charge >= 0.3 is 0 Å². The molecule has 0 bridgehead atoms. The Morgan fingerprint density at radius 2 is 1.88 bits per heavy atom. The van der Waals surface area contributed by atoms with Crippen LogP contribution < -0.4 is 9.47 Å². The first-order valence-electron chi connectivity index (χ1n) is 10.7. The lowest BCUT2D eigenvalue weighted by Gasteiger charge is -2.26. The number of aromatic nitrogens is 1. The van der Waals surface area contributed by atoms with Gasteiger partial charge in [-0.2, -0.15) is 0 Å². The molecule has 1 amide bonds. The summed E-state index contributed by atoms with van der Waals surface area (Å²) in [7, 11) is 1.52. The van der Waals surface area contributed by atoms with Crippen molar-refractivity contribution in [1.29, 1.82) is 0 Å². The number of Topliss-reactive ketones (excluding diaryl/α,β-unsaturated/α-hetero) is 1. The Hall–Kier alpha value is -3.65. The smallest absolute Gasteiger partial charge is 0.295 e. The highest BCUT2D eigenvalue weighted by molar-refractivity contribution is 9.10. The van der Waals surface area contributed by atoms with E-state index in [1.807, 2.05) is 13.0 Å². The van der Waals surface area contributed by atoms with Gasteiger partial charge in [0.25, 0.3) is 11.7 Å². The zero-order valence-electron chi connectivity index (χ0n) is 18.7. The van der Waals surface area contributed by atoms with Crippen LogP contribution in [-0.4, -0.2) is 40.4 Å². The predicted octanol–water partition coefficient (Wildman–Crippen LogP) is 4.87. The molecule has 4 rings (SSSR count). The molecule has 3 aromatic rings. The number of hydrogen-bond donors (Lipinski definition) is 1. The molecule has 1 saturated heterocycles. The van der Waals surface area contributed by atoms with Crippen molar-refractivity contribution in [2.75, 3.05) is 13.7 Å². The van der Waals surface area contributed by atoms with Crippen LogP contribution in [0.25, 0.3) is 5.76 Å². The van der Waals surface area contributed by atoms with Crippen LogP contribution in [-0.2, 0) is 16.1 Å². The molecular formula is C26H23BrN2O5. The molecule has 1 fully saturated rings. The number of ether oxygens (including phenoxy) is 2. The summed E-state index contributed by atoms with van der Waals surface area (Å²) in [6.45, 7) is 2.48. The van der Waals surface area contributed by atoms with Crippen LogP contribution in [0.15, 0.2) is 77.0 Å². The molecule has 0 spiro atoms. The van der Waals surface area contributed by atoms with Gasteiger partial charge in [-0.1, -0.05) is 40.2 Å². The summed E-state index contributed by atoms with van der Waals surface area (Å²) in [6.07, 6.45) is 3.28. The van der Waals surface area contributed by atoms with E-state index in [-0.39, 0.29) is 17.9 Å². The molecule has 1 aromatic heterocycles. The minimum Gasteiger partial charge on any atom is -0.507 e. The van der Waals surface area contributed by atoms with Crippen LogP contribution in [0.3, 0.4) is 0 Å². The van der Waals surface area contributed by atoms with Gasteiger partial charge in [0.15, 0.2) is 11.5 Å². The Bertz CT molecular complexity index is 1240. The van der Waals surface area contributed by atoms with Gasteiger partial charge in [-0.3, -0.25) is 14.6 Å². The van der Waals surface area contributed by atoms with E-state index in [0.717, 1.165) is 10.0 Å². The van der Waals surface area contributed by atoms with Gasteiger partial charge in [0.2, 0.25) is 0 Å². The van der Waals surface area contributed by atoms with Crippen LogP contribution in [0.5, 0.6) is 11.5 Å². The van der Waals surface area contributed by atoms with Crippen LogP contribution in [0.4, 0.5) is 0 Å². The standard InChI is InChI=1S/C26H23BrN2O5/c1-3-34-20-11-8-18(13-21(20)33-2)23-22(24(30)17-6-9-19(27)10-7-17)25(31)26(32)29(23)15-16-5-4-12-28-14-16/h4-14,23,30H,3,15H2,1-2H3/t23-/m0/s1. The lowest BCUT2D eigenvalue weighted by molar-refractivity contribution is -0.140. The number of aliphatic hydroxyl groups excluding tert-OH is 1. The van der Waals surface area contributed by atoms with Crippen molar-refractivity contribution in [3.63, 3.8) is 0 Å². The third-order valence-corrected chi connectivity index (χ3v) is 6.07. The van der Waals surface area contributed by atoms with Crippen LogP contribution in [0.2, 0.25) is 0 Å². The van der Waals surface area contributed by atoms with Crippen molar-refractivity contribution < 1.29 is 24.2 Å². The van der Waals surface area contributed by atoms with E-state index in [1.165, 1.54) is 12.0 Å². The molecule has 2 heterocycles. The fourth-order valence-corrected chi connectivity index (χ4v) is 4.23. The Morgan fingerprint density at radius 1 is 1.12 bits per heavy atom. The summed E-state index contributed by atoms with van der Waals surface area (Å²) >= 11 is 3.37. The monoisotopic (exact) mass is 522 g/mol. The lowest BCUT2D eigenvalue weighted by Crippen LogP contribution is -2.29. The minimum absolute atomic E-state index is 0.0161. The van der Waals surface area contributed by atoms with Gasteiger partial charge in [0.05, 0.1) is 25.3 Å². The fourth-order valence-electron chi connectivity index (χ4n) is 3.97. The third kappa shape index (κ3) is 4.54. The van der Waals surface area contributed by atoms with E-state index in [2.05, 4.69) is 20.9 Å². The van der Waals surface area contributed by atoms with Crippen molar-refractivity contribution in [1.82, 2.24) is 9.88 Å². The van der Waals surface area contributed by atoms with Crippen LogP contribution >= 0.6 is 15.9 Å². The summed E-state index contributed by atoms with van der Waals surface area (Å²) in [6, 6.07) is 14.9. The normalized spacial score (nSPS) is 17.1. The molecule has 1 N–H and O–H groups in total. The third-order valence-electron chi connectivity index (χ3n) is 5.54. The highest BCUT2D eigenvalue weighted by Crippen LogP contribution is 2.42. The van der Waals surface area contributed by atoms with Crippen molar-refractivity contribution in [2.45, 2.75) is 19.5 Å². The first kappa shape index (κ1) is 23.5. The first-order valence-corrected chi connectivity index (χ1v) is 11.5. The molecule has 1 aliphatic rings. The molecule has 0 radical (unpaired) electrons. The summed E-state index contributed by atoms with van der Waals surface area (Å²) in [4.78, 5) is 31.9. The Labute approximate surface area is 205 Å². The quantitative estimate of drug-likeness (QED) is 0.270. The molecule has 0 aliphatic carbocycles. The van der Waals surface area contributed by atoms with E-state index in [9.17, 15) is 14.7 Å². The molecule has 1 atom stereocenters. The second-order valence-electron chi connectivity index (χ2n) is 7.64. The molecule has 7 nitrogen and oxygen atoms in total. The van der Waals surface area contributed by atoms with Gasteiger partial charge < -0.3 is 19.5 Å². The van der Waals surface area contributed by atoms with Crippen LogP contribution in [0.1, 0.15) is 29.7 Å². The molecule has 1 aliphatic heterocycles. The maximum atomic E-state index is 13.2. The van der Waals surface area contributed by atoms with E-state index in [1.54, 1.807) is 60.9 Å². The van der Waals surface area contributed by atoms with Gasteiger partial charge in [0, 0.05) is 29.0 Å². The van der Waals surface area contributed by atoms with Crippen molar-refractivity contribution in [3.05, 3.63) is 93.7 Å². The SMILES string of the molecule is CCOc1ccc([C@H]2C(=C(O)c3ccc(Br)cc3)C(=O)C(=O)N2Cc2cccnc2)cc1OC. The Morgan fingerprint density at radius 3 is 2.53 bits per heavy atom. The van der Waals surface area contributed by atoms with E-state index in [0.29, 0.717) is 29.2 Å². The van der Waals surface area contributed by atoms with Gasteiger partial charge in [0.1, 0.15) is 5.76 Å². The maximum Gasteiger partial charge on any atom is 0.295 e. The number of carbonyl (C=O) groups excluding carboxylic acids is 2. The molecule has 2 aromatic carbocycles. The van der Waals surface area contributed by atoms with Gasteiger partial charge in [-0.15, -0.1) is 0 Å². The number of nitrogens with zero attached hydrogens (tertiary/aromatic N) is 2. The number of pyridine rings is 1. The highest BCUT2D eigenvalue weighted by Gasteiger charge is 2.46. The molecular weight excluding hydrogens is 500 g/mol. The number of aliphatic hydroxyl groups is 1. The average Bonchev–Trinajstić information content (AvgIpc) is 3.10. The number of carbonyl (C=O) groups is 2. The summed E-state index contributed by atoms with van der Waals surface area (Å²) in [5.74, 6) is -0.666. The van der Waals surface area contributed by atoms with Crippen molar-refractivity contribution in [3.8, 4) is 11.5 Å². The first-order chi connectivity index (χ1) is 16.4. The molecule has 8 heteroatoms. The molecule has 34 heavy (non-hydrogen) atoms. The second-order valence-corrected chi connectivity index (χ2v) is 8.55. The molecule has 0 unspecified atom stereocenters. The Balaban J connectivity index is 1.88. The lowest BCUT2D eigenvalue weighted by atomic mass is 9.95. The van der Waals surface area contributed by atoms with E-state index >= 15 is 0 Å². The summed E-state index contributed by atoms with van der Waals surface area (Å²) in [5, 5.41) is 11.2. The largest absolute Gasteiger partial charge is 0.507 e. The number of halogens is 1.